The highest BCUT2D eigenvalue weighted by Crippen LogP contribution is 2.31. The number of rotatable bonds is 7. The van der Waals surface area contributed by atoms with Gasteiger partial charge in [-0.3, -0.25) is 0 Å². The van der Waals surface area contributed by atoms with E-state index in [-0.39, 0.29) is 5.75 Å². The zero-order chi connectivity index (χ0) is 22.1. The van der Waals surface area contributed by atoms with Crippen molar-refractivity contribution < 1.29 is 19.0 Å². The van der Waals surface area contributed by atoms with Crippen molar-refractivity contribution in [1.82, 2.24) is 0 Å². The second-order valence-electron chi connectivity index (χ2n) is 6.45. The summed E-state index contributed by atoms with van der Waals surface area (Å²) < 4.78 is 16.1. The maximum Gasteiger partial charge on any atom is 0.336 e. The van der Waals surface area contributed by atoms with Gasteiger partial charge in [0, 0.05) is 11.6 Å². The molecule has 5 nitrogen and oxygen atoms in total. The lowest BCUT2D eigenvalue weighted by atomic mass is 10.0. The fourth-order valence-corrected chi connectivity index (χ4v) is 2.93. The van der Waals surface area contributed by atoms with Gasteiger partial charge in [0.05, 0.1) is 25.9 Å². The summed E-state index contributed by atoms with van der Waals surface area (Å²) in [5, 5.41) is 9.63. The predicted molar refractivity (Wildman–Crippen MR) is 121 cm³/mol. The summed E-state index contributed by atoms with van der Waals surface area (Å²) in [6.07, 6.45) is 4.76. The van der Waals surface area contributed by atoms with Gasteiger partial charge in [0.2, 0.25) is 0 Å². The van der Waals surface area contributed by atoms with Crippen molar-refractivity contribution in [2.24, 2.45) is 0 Å². The fourth-order valence-electron chi connectivity index (χ4n) is 2.93. The van der Waals surface area contributed by atoms with Gasteiger partial charge < -0.3 is 14.2 Å². The average Bonchev–Trinajstić information content (AvgIpc) is 2.82. The van der Waals surface area contributed by atoms with E-state index in [1.165, 1.54) is 13.2 Å². The Morgan fingerprint density at radius 1 is 0.839 bits per heavy atom. The number of methoxy groups -OCH3 is 2. The number of benzene rings is 3. The van der Waals surface area contributed by atoms with Crippen molar-refractivity contribution in [3.05, 3.63) is 95.6 Å². The van der Waals surface area contributed by atoms with Crippen LogP contribution in [0.4, 0.5) is 0 Å². The van der Waals surface area contributed by atoms with Gasteiger partial charge >= 0.3 is 5.97 Å². The van der Waals surface area contributed by atoms with Crippen LogP contribution >= 0.6 is 0 Å². The number of esters is 1. The fraction of sp³-hybridized carbons (Fsp3) is 0.0769. The van der Waals surface area contributed by atoms with Crippen LogP contribution in [-0.4, -0.2) is 20.2 Å². The van der Waals surface area contributed by atoms with E-state index in [1.807, 2.05) is 48.5 Å². The number of nitrogens with zero attached hydrogens (tertiary/aromatic N) is 1. The summed E-state index contributed by atoms with van der Waals surface area (Å²) in [7, 11) is 3.05. The van der Waals surface area contributed by atoms with Crippen LogP contribution in [-0.2, 0) is 4.79 Å². The molecule has 3 aromatic rings. The summed E-state index contributed by atoms with van der Waals surface area (Å²) in [6.45, 7) is 0. The van der Waals surface area contributed by atoms with Gasteiger partial charge in [-0.1, -0.05) is 48.5 Å². The van der Waals surface area contributed by atoms with Crippen LogP contribution in [0.3, 0.4) is 0 Å². The standard InChI is InChI=1S/C26H21NO4/c1-29-23-11-7-6-10-22(23)21(18-27)16-20-12-14-24(25(17-20)30-2)31-26(28)15-13-19-8-4-3-5-9-19/h3-17H,1-2H3/b15-13+,21-16-. The average molecular weight is 411 g/mol. The van der Waals surface area contributed by atoms with Crippen molar-refractivity contribution in [3.63, 3.8) is 0 Å². The Bertz CT molecular complexity index is 1160. The zero-order valence-corrected chi connectivity index (χ0v) is 17.2. The molecule has 0 saturated carbocycles. The SMILES string of the molecule is COc1cc(/C=C(/C#N)c2ccccc2OC)ccc1OC(=O)/C=C/c1ccccc1. The minimum Gasteiger partial charge on any atom is -0.496 e. The Labute approximate surface area is 181 Å². The van der Waals surface area contributed by atoms with E-state index in [2.05, 4.69) is 6.07 Å². The van der Waals surface area contributed by atoms with E-state index in [9.17, 15) is 10.1 Å². The summed E-state index contributed by atoms with van der Waals surface area (Å²) >= 11 is 0. The van der Waals surface area contributed by atoms with Crippen molar-refractivity contribution in [2.75, 3.05) is 14.2 Å². The third-order valence-corrected chi connectivity index (χ3v) is 4.44. The number of ether oxygens (including phenoxy) is 3. The molecule has 0 heterocycles. The molecule has 0 radical (unpaired) electrons. The number of allylic oxidation sites excluding steroid dienone is 1. The molecular weight excluding hydrogens is 390 g/mol. The maximum absolute atomic E-state index is 12.2. The monoisotopic (exact) mass is 411 g/mol. The lowest BCUT2D eigenvalue weighted by Gasteiger charge is -2.10. The third-order valence-electron chi connectivity index (χ3n) is 4.44. The molecule has 0 aliphatic heterocycles. The molecule has 154 valence electrons. The van der Waals surface area contributed by atoms with E-state index in [0.717, 1.165) is 11.1 Å². The maximum atomic E-state index is 12.2. The van der Waals surface area contributed by atoms with Crippen LogP contribution in [0.2, 0.25) is 0 Å². The quantitative estimate of drug-likeness (QED) is 0.171. The summed E-state index contributed by atoms with van der Waals surface area (Å²) in [5.74, 6) is 0.765. The molecule has 0 amide bonds. The predicted octanol–water partition coefficient (Wildman–Crippen LogP) is 5.39. The van der Waals surface area contributed by atoms with Gasteiger partial charge in [0.1, 0.15) is 5.75 Å². The minimum atomic E-state index is -0.516. The van der Waals surface area contributed by atoms with Crippen molar-refractivity contribution in [3.8, 4) is 23.3 Å². The molecule has 0 atom stereocenters. The van der Waals surface area contributed by atoms with E-state index < -0.39 is 5.97 Å². The Hall–Kier alpha value is -4.30. The molecule has 0 bridgehead atoms. The molecule has 5 heteroatoms. The summed E-state index contributed by atoms with van der Waals surface area (Å²) in [4.78, 5) is 12.2. The number of carbonyl (C=O) groups excluding carboxylic acids is 1. The Kier molecular flexibility index (Phi) is 7.23. The van der Waals surface area contributed by atoms with Crippen molar-refractivity contribution >= 4 is 23.7 Å². The molecule has 0 N–H and O–H groups in total. The van der Waals surface area contributed by atoms with E-state index in [1.54, 1.807) is 43.5 Å². The molecule has 0 aliphatic carbocycles. The first-order chi connectivity index (χ1) is 15.1. The number of hydrogen-bond donors (Lipinski definition) is 0. The van der Waals surface area contributed by atoms with Gasteiger partial charge in [-0.2, -0.15) is 5.26 Å². The summed E-state index contributed by atoms with van der Waals surface area (Å²) in [6, 6.07) is 24.1. The lowest BCUT2D eigenvalue weighted by molar-refractivity contribution is -0.129. The Balaban J connectivity index is 1.82. The highest BCUT2D eigenvalue weighted by molar-refractivity contribution is 5.92. The Morgan fingerprint density at radius 2 is 1.55 bits per heavy atom. The number of carbonyl (C=O) groups is 1. The van der Waals surface area contributed by atoms with Gasteiger partial charge in [-0.15, -0.1) is 0 Å². The van der Waals surface area contributed by atoms with Crippen molar-refractivity contribution in [1.29, 1.82) is 5.26 Å². The molecule has 3 rings (SSSR count). The highest BCUT2D eigenvalue weighted by Gasteiger charge is 2.11. The lowest BCUT2D eigenvalue weighted by Crippen LogP contribution is -2.05. The highest BCUT2D eigenvalue weighted by atomic mass is 16.6. The molecule has 31 heavy (non-hydrogen) atoms. The van der Waals surface area contributed by atoms with Crippen LogP contribution in [0.15, 0.2) is 78.9 Å². The molecule has 0 aromatic heterocycles. The van der Waals surface area contributed by atoms with E-state index in [4.69, 9.17) is 14.2 Å². The van der Waals surface area contributed by atoms with Gasteiger partial charge in [-0.25, -0.2) is 4.79 Å². The molecule has 0 fully saturated rings. The number of para-hydroxylation sites is 1. The van der Waals surface area contributed by atoms with Crippen LogP contribution in [0, 0.1) is 11.3 Å². The van der Waals surface area contributed by atoms with E-state index >= 15 is 0 Å². The Morgan fingerprint density at radius 3 is 2.26 bits per heavy atom. The second-order valence-corrected chi connectivity index (χ2v) is 6.45. The van der Waals surface area contributed by atoms with Crippen molar-refractivity contribution in [2.45, 2.75) is 0 Å². The van der Waals surface area contributed by atoms with Crippen LogP contribution in [0.5, 0.6) is 17.2 Å². The molecule has 0 spiro atoms. The largest absolute Gasteiger partial charge is 0.496 e. The third kappa shape index (κ3) is 5.62. The topological polar surface area (TPSA) is 68.6 Å². The van der Waals surface area contributed by atoms with Gasteiger partial charge in [-0.05, 0) is 47.5 Å². The smallest absolute Gasteiger partial charge is 0.336 e. The number of nitriles is 1. The molecule has 0 unspecified atom stereocenters. The normalized spacial score (nSPS) is 11.1. The van der Waals surface area contributed by atoms with Crippen LogP contribution in [0.1, 0.15) is 16.7 Å². The molecule has 0 saturated heterocycles. The number of hydrogen-bond acceptors (Lipinski definition) is 5. The van der Waals surface area contributed by atoms with Crippen LogP contribution in [0.25, 0.3) is 17.7 Å². The van der Waals surface area contributed by atoms with Gasteiger partial charge in [0.25, 0.3) is 0 Å². The first-order valence-electron chi connectivity index (χ1n) is 9.52. The minimum absolute atomic E-state index is 0.290. The van der Waals surface area contributed by atoms with E-state index in [0.29, 0.717) is 22.6 Å². The van der Waals surface area contributed by atoms with Crippen LogP contribution < -0.4 is 14.2 Å². The molecular formula is C26H21NO4. The molecule has 0 aliphatic rings. The summed E-state index contributed by atoms with van der Waals surface area (Å²) in [5.41, 5.74) is 2.74. The second kappa shape index (κ2) is 10.5. The first-order valence-corrected chi connectivity index (χ1v) is 9.52. The molecule has 3 aromatic carbocycles. The van der Waals surface area contributed by atoms with Gasteiger partial charge in [0.15, 0.2) is 11.5 Å². The first kappa shape index (κ1) is 21.4. The zero-order valence-electron chi connectivity index (χ0n) is 17.2.